The summed E-state index contributed by atoms with van der Waals surface area (Å²) in [7, 11) is -3.09. The van der Waals surface area contributed by atoms with Crippen LogP contribution in [0.3, 0.4) is 0 Å². The Labute approximate surface area is 150 Å². The number of aromatic nitrogens is 4. The Kier molecular flexibility index (Phi) is 3.76. The number of nitrogens with zero attached hydrogens (tertiary/aromatic N) is 4. The van der Waals surface area contributed by atoms with Crippen molar-refractivity contribution in [3.05, 3.63) is 48.5 Å². The smallest absolute Gasteiger partial charge is 0.254 e. The highest BCUT2D eigenvalue weighted by atomic mass is 32.2. The molecule has 1 aliphatic heterocycles. The zero-order valence-corrected chi connectivity index (χ0v) is 14.9. The Bertz CT molecular complexity index is 1110. The van der Waals surface area contributed by atoms with Gasteiger partial charge >= 0.3 is 0 Å². The topological polar surface area (TPSA) is 106 Å². The van der Waals surface area contributed by atoms with Crippen molar-refractivity contribution in [2.24, 2.45) is 0 Å². The number of amides is 1. The molecule has 1 N–H and O–H groups in total. The minimum absolute atomic E-state index is 0.0281. The standard InChI is InChI=1S/C17H17N5O3S/c1-17(5-6-26(24,25)10-17)20-15(23)13-4-2-3-12(7-13)14-8-18-16-21-19-11-22(16)9-14/h2-4,7-9,11H,5-6,10H2,1H3,(H,20,23)/t17-/m0/s1. The molecular formula is C17H17N5O3S. The number of nitrogens with one attached hydrogen (secondary N) is 1. The predicted molar refractivity (Wildman–Crippen MR) is 95.4 cm³/mol. The Balaban J connectivity index is 1.60. The van der Waals surface area contributed by atoms with Crippen LogP contribution in [-0.4, -0.2) is 51.0 Å². The summed E-state index contributed by atoms with van der Waals surface area (Å²) in [6, 6.07) is 7.13. The van der Waals surface area contributed by atoms with E-state index in [9.17, 15) is 13.2 Å². The first-order valence-corrected chi connectivity index (χ1v) is 9.95. The predicted octanol–water partition coefficient (Wildman–Crippen LogP) is 1.10. The first-order valence-electron chi connectivity index (χ1n) is 8.12. The third-order valence-corrected chi connectivity index (χ3v) is 6.43. The van der Waals surface area contributed by atoms with Gasteiger partial charge in [0.15, 0.2) is 9.84 Å². The van der Waals surface area contributed by atoms with E-state index in [0.717, 1.165) is 11.1 Å². The van der Waals surface area contributed by atoms with Crippen LogP contribution < -0.4 is 5.32 Å². The summed E-state index contributed by atoms with van der Waals surface area (Å²) in [6.45, 7) is 1.77. The molecule has 0 spiro atoms. The number of benzene rings is 1. The van der Waals surface area contributed by atoms with Crippen molar-refractivity contribution in [3.8, 4) is 11.1 Å². The summed E-state index contributed by atoms with van der Waals surface area (Å²) in [6.07, 6.45) is 5.49. The molecule has 0 aliphatic carbocycles. The van der Waals surface area contributed by atoms with Gasteiger partial charge in [0.05, 0.1) is 17.0 Å². The number of hydrogen-bond acceptors (Lipinski definition) is 6. The zero-order valence-electron chi connectivity index (χ0n) is 14.1. The minimum Gasteiger partial charge on any atom is -0.346 e. The highest BCUT2D eigenvalue weighted by Crippen LogP contribution is 2.24. The number of rotatable bonds is 3. The number of carbonyl (C=O) groups is 1. The lowest BCUT2D eigenvalue weighted by Crippen LogP contribution is -2.46. The summed E-state index contributed by atoms with van der Waals surface area (Å²) < 4.78 is 25.1. The van der Waals surface area contributed by atoms with Gasteiger partial charge in [-0.2, -0.15) is 0 Å². The van der Waals surface area contributed by atoms with E-state index in [0.29, 0.717) is 17.8 Å². The molecule has 1 saturated heterocycles. The van der Waals surface area contributed by atoms with E-state index in [1.165, 1.54) is 0 Å². The summed E-state index contributed by atoms with van der Waals surface area (Å²) in [5.74, 6) is 0.288. The molecule has 4 rings (SSSR count). The molecule has 1 amide bonds. The SMILES string of the molecule is C[C@]1(NC(=O)c2cccc(-c3cnc4nncn4c3)c2)CCS(=O)(=O)C1. The highest BCUT2D eigenvalue weighted by Gasteiger charge is 2.39. The Hall–Kier alpha value is -2.81. The Morgan fingerprint density at radius 3 is 2.92 bits per heavy atom. The van der Waals surface area contributed by atoms with Crippen LogP contribution in [0, 0.1) is 0 Å². The number of carbonyl (C=O) groups excluding carboxylic acids is 1. The highest BCUT2D eigenvalue weighted by molar-refractivity contribution is 7.91. The second kappa shape index (κ2) is 5.87. The molecule has 1 fully saturated rings. The fourth-order valence-corrected chi connectivity index (χ4v) is 5.27. The summed E-state index contributed by atoms with van der Waals surface area (Å²) in [4.78, 5) is 16.8. The van der Waals surface area contributed by atoms with Gasteiger partial charge in [0.25, 0.3) is 11.7 Å². The van der Waals surface area contributed by atoms with Crippen LogP contribution in [0.1, 0.15) is 23.7 Å². The van der Waals surface area contributed by atoms with Crippen molar-refractivity contribution >= 4 is 21.5 Å². The molecule has 3 heterocycles. The van der Waals surface area contributed by atoms with Crippen molar-refractivity contribution in [1.29, 1.82) is 0 Å². The van der Waals surface area contributed by atoms with Gasteiger partial charge < -0.3 is 5.32 Å². The van der Waals surface area contributed by atoms with E-state index >= 15 is 0 Å². The average Bonchev–Trinajstić information content (AvgIpc) is 3.17. The van der Waals surface area contributed by atoms with Crippen molar-refractivity contribution < 1.29 is 13.2 Å². The molecule has 1 aromatic carbocycles. The normalized spacial score (nSPS) is 21.7. The first-order chi connectivity index (χ1) is 12.3. The van der Waals surface area contributed by atoms with E-state index in [-0.39, 0.29) is 17.4 Å². The van der Waals surface area contributed by atoms with Crippen LogP contribution >= 0.6 is 0 Å². The largest absolute Gasteiger partial charge is 0.346 e. The molecule has 3 aromatic rings. The van der Waals surface area contributed by atoms with Gasteiger partial charge in [-0.15, -0.1) is 10.2 Å². The van der Waals surface area contributed by atoms with Crippen LogP contribution in [0.2, 0.25) is 0 Å². The van der Waals surface area contributed by atoms with Crippen LogP contribution in [0.15, 0.2) is 43.0 Å². The maximum Gasteiger partial charge on any atom is 0.254 e. The lowest BCUT2D eigenvalue weighted by molar-refractivity contribution is 0.0915. The third kappa shape index (κ3) is 3.17. The summed E-state index contributed by atoms with van der Waals surface area (Å²) in [5.41, 5.74) is 1.39. The summed E-state index contributed by atoms with van der Waals surface area (Å²) >= 11 is 0. The molecule has 0 saturated carbocycles. The van der Waals surface area contributed by atoms with Gasteiger partial charge in [0, 0.05) is 23.5 Å². The molecule has 26 heavy (non-hydrogen) atoms. The van der Waals surface area contributed by atoms with Crippen LogP contribution in [-0.2, 0) is 9.84 Å². The van der Waals surface area contributed by atoms with Gasteiger partial charge in [-0.3, -0.25) is 9.20 Å². The van der Waals surface area contributed by atoms with E-state index in [2.05, 4.69) is 20.5 Å². The van der Waals surface area contributed by atoms with Crippen molar-refractivity contribution in [2.45, 2.75) is 18.9 Å². The van der Waals surface area contributed by atoms with Gasteiger partial charge in [0.1, 0.15) is 6.33 Å². The van der Waals surface area contributed by atoms with E-state index in [1.807, 2.05) is 12.3 Å². The van der Waals surface area contributed by atoms with Crippen LogP contribution in [0.5, 0.6) is 0 Å². The molecule has 2 aromatic heterocycles. The molecule has 134 valence electrons. The van der Waals surface area contributed by atoms with E-state index in [1.54, 1.807) is 42.0 Å². The number of hydrogen-bond donors (Lipinski definition) is 1. The molecule has 0 bridgehead atoms. The van der Waals surface area contributed by atoms with Gasteiger partial charge in [0.2, 0.25) is 0 Å². The molecule has 8 nitrogen and oxygen atoms in total. The first kappa shape index (κ1) is 16.6. The second-order valence-corrected chi connectivity index (χ2v) is 9.00. The molecular weight excluding hydrogens is 354 g/mol. The monoisotopic (exact) mass is 371 g/mol. The maximum atomic E-state index is 12.6. The molecule has 1 aliphatic rings. The van der Waals surface area contributed by atoms with E-state index < -0.39 is 15.4 Å². The lowest BCUT2D eigenvalue weighted by Gasteiger charge is -2.24. The quantitative estimate of drug-likeness (QED) is 0.739. The van der Waals surface area contributed by atoms with E-state index in [4.69, 9.17) is 0 Å². The van der Waals surface area contributed by atoms with Gasteiger partial charge in [-0.05, 0) is 31.0 Å². The molecule has 9 heteroatoms. The molecule has 0 unspecified atom stereocenters. The second-order valence-electron chi connectivity index (χ2n) is 6.82. The number of fused-ring (bicyclic) bond motifs is 1. The van der Waals surface area contributed by atoms with Crippen LogP contribution in [0.4, 0.5) is 0 Å². The fourth-order valence-electron chi connectivity index (χ4n) is 3.17. The van der Waals surface area contributed by atoms with Crippen molar-refractivity contribution in [1.82, 2.24) is 24.9 Å². The van der Waals surface area contributed by atoms with Gasteiger partial charge in [-0.25, -0.2) is 13.4 Å². The lowest BCUT2D eigenvalue weighted by atomic mass is 10.0. The number of sulfone groups is 1. The Morgan fingerprint density at radius 2 is 2.15 bits per heavy atom. The Morgan fingerprint density at radius 1 is 1.31 bits per heavy atom. The third-order valence-electron chi connectivity index (χ3n) is 4.53. The van der Waals surface area contributed by atoms with Crippen molar-refractivity contribution in [2.75, 3.05) is 11.5 Å². The average molecular weight is 371 g/mol. The molecule has 1 atom stereocenters. The summed E-state index contributed by atoms with van der Waals surface area (Å²) in [5, 5.41) is 10.5. The fraction of sp³-hybridized carbons (Fsp3) is 0.294. The maximum absolute atomic E-state index is 12.6. The van der Waals surface area contributed by atoms with Crippen molar-refractivity contribution in [3.63, 3.8) is 0 Å². The zero-order chi connectivity index (χ0) is 18.4. The van der Waals surface area contributed by atoms with Gasteiger partial charge in [-0.1, -0.05) is 12.1 Å². The van der Waals surface area contributed by atoms with Crippen LogP contribution in [0.25, 0.3) is 16.9 Å². The molecule has 0 radical (unpaired) electrons. The minimum atomic E-state index is -3.09.